The molecule has 0 fully saturated rings. The summed E-state index contributed by atoms with van der Waals surface area (Å²) in [6, 6.07) is 8.32. The number of ether oxygens (including phenoxy) is 1. The summed E-state index contributed by atoms with van der Waals surface area (Å²) in [7, 11) is 0. The lowest BCUT2D eigenvalue weighted by atomic mass is 9.86. The average molecular weight is 278 g/mol. The van der Waals surface area contributed by atoms with Crippen LogP contribution in [0.4, 0.5) is 0 Å². The third-order valence-corrected chi connectivity index (χ3v) is 3.15. The third kappa shape index (κ3) is 5.31. The number of benzene rings is 1. The van der Waals surface area contributed by atoms with Gasteiger partial charge in [-0.25, -0.2) is 0 Å². The lowest BCUT2D eigenvalue weighted by Crippen LogP contribution is -2.31. The molecular weight excluding hydrogens is 252 g/mol. The number of carbonyl (C=O) groups is 1. The number of rotatable bonds is 6. The van der Waals surface area contributed by atoms with Crippen LogP contribution in [0.2, 0.25) is 0 Å². The zero-order chi connectivity index (χ0) is 15.2. The standard InChI is InChI=1S/C16H26N2O2/c1-12(18-15(19)11-20-10-9-17)13-5-7-14(8-6-13)16(2,3)4/h5-8,12H,9-11,17H2,1-4H3,(H,18,19). The van der Waals surface area contributed by atoms with Gasteiger partial charge >= 0.3 is 0 Å². The van der Waals surface area contributed by atoms with E-state index in [0.717, 1.165) is 5.56 Å². The second-order valence-corrected chi connectivity index (χ2v) is 6.00. The third-order valence-electron chi connectivity index (χ3n) is 3.15. The fourth-order valence-corrected chi connectivity index (χ4v) is 1.89. The first kappa shape index (κ1) is 16.7. The molecule has 4 nitrogen and oxygen atoms in total. The van der Waals surface area contributed by atoms with Crippen LogP contribution in [0.25, 0.3) is 0 Å². The summed E-state index contributed by atoms with van der Waals surface area (Å²) in [6.45, 7) is 9.40. The number of nitrogens with one attached hydrogen (secondary N) is 1. The number of hydrogen-bond acceptors (Lipinski definition) is 3. The molecule has 0 spiro atoms. The second-order valence-electron chi connectivity index (χ2n) is 6.00. The minimum atomic E-state index is -0.120. The lowest BCUT2D eigenvalue weighted by Gasteiger charge is -2.20. The van der Waals surface area contributed by atoms with Gasteiger partial charge in [-0.3, -0.25) is 4.79 Å². The van der Waals surface area contributed by atoms with Gasteiger partial charge in [0.05, 0.1) is 12.6 Å². The SMILES string of the molecule is CC(NC(=O)COCCN)c1ccc(C(C)(C)C)cc1. The van der Waals surface area contributed by atoms with Crippen molar-refractivity contribution in [1.29, 1.82) is 0 Å². The summed E-state index contributed by atoms with van der Waals surface area (Å²) in [4.78, 5) is 11.7. The van der Waals surface area contributed by atoms with Gasteiger partial charge in [0.15, 0.2) is 0 Å². The van der Waals surface area contributed by atoms with Crippen molar-refractivity contribution in [2.24, 2.45) is 5.73 Å². The van der Waals surface area contributed by atoms with Gasteiger partial charge in [-0.15, -0.1) is 0 Å². The molecule has 0 bridgehead atoms. The van der Waals surface area contributed by atoms with Crippen molar-refractivity contribution in [2.45, 2.75) is 39.2 Å². The number of carbonyl (C=O) groups excluding carboxylic acids is 1. The molecule has 1 rings (SSSR count). The van der Waals surface area contributed by atoms with E-state index in [2.05, 4.69) is 50.4 Å². The van der Waals surface area contributed by atoms with Crippen LogP contribution in [-0.4, -0.2) is 25.7 Å². The van der Waals surface area contributed by atoms with Crippen LogP contribution >= 0.6 is 0 Å². The normalized spacial score (nSPS) is 13.1. The highest BCUT2D eigenvalue weighted by atomic mass is 16.5. The Labute approximate surface area is 121 Å². The number of nitrogens with two attached hydrogens (primary N) is 1. The number of hydrogen-bond donors (Lipinski definition) is 2. The molecule has 0 heterocycles. The number of amides is 1. The Kier molecular flexibility index (Phi) is 6.17. The average Bonchev–Trinajstić information content (AvgIpc) is 2.38. The molecule has 1 unspecified atom stereocenters. The molecule has 0 saturated carbocycles. The molecule has 0 aliphatic rings. The van der Waals surface area contributed by atoms with Crippen molar-refractivity contribution < 1.29 is 9.53 Å². The Bertz CT molecular complexity index is 421. The van der Waals surface area contributed by atoms with Crippen LogP contribution < -0.4 is 11.1 Å². The molecule has 0 saturated heterocycles. The quantitative estimate of drug-likeness (QED) is 0.784. The largest absolute Gasteiger partial charge is 0.370 e. The first-order chi connectivity index (χ1) is 9.34. The summed E-state index contributed by atoms with van der Waals surface area (Å²) < 4.78 is 5.11. The van der Waals surface area contributed by atoms with E-state index in [1.54, 1.807) is 0 Å². The summed E-state index contributed by atoms with van der Waals surface area (Å²) in [5.74, 6) is -0.120. The molecular formula is C16H26N2O2. The summed E-state index contributed by atoms with van der Waals surface area (Å²) in [6.07, 6.45) is 0. The van der Waals surface area contributed by atoms with E-state index < -0.39 is 0 Å². The molecule has 20 heavy (non-hydrogen) atoms. The fourth-order valence-electron chi connectivity index (χ4n) is 1.89. The van der Waals surface area contributed by atoms with E-state index in [4.69, 9.17) is 10.5 Å². The first-order valence-corrected chi connectivity index (χ1v) is 7.02. The molecule has 0 aliphatic heterocycles. The van der Waals surface area contributed by atoms with Crippen molar-refractivity contribution in [3.05, 3.63) is 35.4 Å². The molecule has 0 aromatic heterocycles. The Hall–Kier alpha value is -1.39. The Morgan fingerprint density at radius 3 is 2.40 bits per heavy atom. The van der Waals surface area contributed by atoms with Crippen molar-refractivity contribution in [1.82, 2.24) is 5.32 Å². The van der Waals surface area contributed by atoms with Gasteiger partial charge in [-0.05, 0) is 23.5 Å². The van der Waals surface area contributed by atoms with E-state index in [-0.39, 0.29) is 24.0 Å². The Balaban J connectivity index is 2.55. The van der Waals surface area contributed by atoms with Crippen molar-refractivity contribution in [3.63, 3.8) is 0 Å². The smallest absolute Gasteiger partial charge is 0.246 e. The topological polar surface area (TPSA) is 64.3 Å². The van der Waals surface area contributed by atoms with Crippen LogP contribution in [0, 0.1) is 0 Å². The molecule has 1 aromatic rings. The zero-order valence-electron chi connectivity index (χ0n) is 12.9. The fraction of sp³-hybridized carbons (Fsp3) is 0.562. The Morgan fingerprint density at radius 2 is 1.90 bits per heavy atom. The predicted molar refractivity (Wildman–Crippen MR) is 81.6 cm³/mol. The molecule has 1 atom stereocenters. The maximum atomic E-state index is 11.7. The molecule has 4 heteroatoms. The van der Waals surface area contributed by atoms with Gasteiger partial charge in [0.2, 0.25) is 5.91 Å². The maximum absolute atomic E-state index is 11.7. The summed E-state index contributed by atoms with van der Waals surface area (Å²) >= 11 is 0. The van der Waals surface area contributed by atoms with E-state index in [1.165, 1.54) is 5.56 Å². The zero-order valence-corrected chi connectivity index (χ0v) is 12.9. The van der Waals surface area contributed by atoms with Crippen molar-refractivity contribution in [2.75, 3.05) is 19.8 Å². The van der Waals surface area contributed by atoms with Gasteiger partial charge in [0.1, 0.15) is 6.61 Å². The van der Waals surface area contributed by atoms with Crippen LogP contribution in [0.3, 0.4) is 0 Å². The lowest BCUT2D eigenvalue weighted by molar-refractivity contribution is -0.126. The molecule has 0 radical (unpaired) electrons. The molecule has 112 valence electrons. The predicted octanol–water partition coefficient (Wildman–Crippen LogP) is 2.14. The van der Waals surface area contributed by atoms with Crippen LogP contribution in [0.15, 0.2) is 24.3 Å². The van der Waals surface area contributed by atoms with Gasteiger partial charge in [0, 0.05) is 6.54 Å². The minimum absolute atomic E-state index is 0.0296. The van der Waals surface area contributed by atoms with Crippen LogP contribution in [0.5, 0.6) is 0 Å². The van der Waals surface area contributed by atoms with Gasteiger partial charge in [0.25, 0.3) is 0 Å². The van der Waals surface area contributed by atoms with Gasteiger partial charge in [-0.1, -0.05) is 45.0 Å². The van der Waals surface area contributed by atoms with Crippen LogP contribution in [0.1, 0.15) is 44.9 Å². The van der Waals surface area contributed by atoms with E-state index >= 15 is 0 Å². The molecule has 3 N–H and O–H groups in total. The monoisotopic (exact) mass is 278 g/mol. The summed E-state index contributed by atoms with van der Waals surface area (Å²) in [5.41, 5.74) is 7.81. The molecule has 1 aromatic carbocycles. The summed E-state index contributed by atoms with van der Waals surface area (Å²) in [5, 5.41) is 2.91. The van der Waals surface area contributed by atoms with E-state index in [9.17, 15) is 4.79 Å². The highest BCUT2D eigenvalue weighted by Gasteiger charge is 2.14. The van der Waals surface area contributed by atoms with Crippen molar-refractivity contribution >= 4 is 5.91 Å². The maximum Gasteiger partial charge on any atom is 0.246 e. The van der Waals surface area contributed by atoms with Gasteiger partial charge in [-0.2, -0.15) is 0 Å². The highest BCUT2D eigenvalue weighted by Crippen LogP contribution is 2.23. The van der Waals surface area contributed by atoms with Crippen LogP contribution in [-0.2, 0) is 14.9 Å². The van der Waals surface area contributed by atoms with Crippen molar-refractivity contribution in [3.8, 4) is 0 Å². The minimum Gasteiger partial charge on any atom is -0.370 e. The van der Waals surface area contributed by atoms with E-state index in [0.29, 0.717) is 13.2 Å². The molecule has 0 aliphatic carbocycles. The molecule has 1 amide bonds. The first-order valence-electron chi connectivity index (χ1n) is 7.02. The Morgan fingerprint density at radius 1 is 1.30 bits per heavy atom. The van der Waals surface area contributed by atoms with E-state index in [1.807, 2.05) is 6.92 Å². The highest BCUT2D eigenvalue weighted by molar-refractivity contribution is 5.77. The second kappa shape index (κ2) is 7.41. The van der Waals surface area contributed by atoms with Gasteiger partial charge < -0.3 is 15.8 Å².